The molecule has 0 saturated carbocycles. The van der Waals surface area contributed by atoms with E-state index in [-0.39, 0.29) is 12.5 Å². The fourth-order valence-electron chi connectivity index (χ4n) is 1.85. The Kier molecular flexibility index (Phi) is 5.08. The molecule has 0 atom stereocenters. The second-order valence-electron chi connectivity index (χ2n) is 4.56. The van der Waals surface area contributed by atoms with Crippen molar-refractivity contribution in [2.24, 2.45) is 0 Å². The van der Waals surface area contributed by atoms with Crippen LogP contribution in [0.3, 0.4) is 0 Å². The minimum atomic E-state index is -0.206. The van der Waals surface area contributed by atoms with Crippen LogP contribution in [0.25, 0.3) is 0 Å². The average molecular weight is 280 g/mol. The maximum Gasteiger partial charge on any atom is 0.257 e. The van der Waals surface area contributed by atoms with Gasteiger partial charge >= 0.3 is 0 Å². The maximum absolute atomic E-state index is 12.1. The molecule has 2 aromatic rings. The second kappa shape index (κ2) is 7.22. The molecule has 0 aliphatic heterocycles. The van der Waals surface area contributed by atoms with Crippen molar-refractivity contribution >= 4 is 11.6 Å². The Hall–Kier alpha value is -2.64. The molecule has 21 heavy (non-hydrogen) atoms. The van der Waals surface area contributed by atoms with Crippen molar-refractivity contribution in [3.05, 3.63) is 59.4 Å². The molecule has 0 fully saturated rings. The van der Waals surface area contributed by atoms with Gasteiger partial charge in [0.2, 0.25) is 0 Å². The first-order chi connectivity index (χ1) is 10.2. The third kappa shape index (κ3) is 4.44. The van der Waals surface area contributed by atoms with Crippen molar-refractivity contribution in [3.8, 4) is 11.8 Å². The molecule has 106 valence electrons. The van der Waals surface area contributed by atoms with E-state index >= 15 is 0 Å². The number of nitrogens with zero attached hydrogens (tertiary/aromatic N) is 1. The number of nitrogens with one attached hydrogen (secondary N) is 1. The molecule has 2 N–H and O–H groups in total. The Labute approximate surface area is 123 Å². The molecule has 0 radical (unpaired) electrons. The van der Waals surface area contributed by atoms with E-state index in [2.05, 4.69) is 22.1 Å². The van der Waals surface area contributed by atoms with Crippen molar-refractivity contribution in [3.63, 3.8) is 0 Å². The van der Waals surface area contributed by atoms with Crippen LogP contribution in [0.15, 0.2) is 42.7 Å². The van der Waals surface area contributed by atoms with Crippen LogP contribution in [-0.4, -0.2) is 22.6 Å². The highest BCUT2D eigenvalue weighted by atomic mass is 16.2. The number of amides is 1. The van der Waals surface area contributed by atoms with E-state index in [0.29, 0.717) is 17.7 Å². The van der Waals surface area contributed by atoms with Crippen LogP contribution in [0.2, 0.25) is 0 Å². The van der Waals surface area contributed by atoms with Gasteiger partial charge in [0.25, 0.3) is 5.91 Å². The molecule has 1 aromatic carbocycles. The lowest BCUT2D eigenvalue weighted by atomic mass is 10.1. The smallest absolute Gasteiger partial charge is 0.257 e. The van der Waals surface area contributed by atoms with Gasteiger partial charge in [-0.25, -0.2) is 0 Å². The lowest BCUT2D eigenvalue weighted by Crippen LogP contribution is -2.12. The fourth-order valence-corrected chi connectivity index (χ4v) is 1.85. The van der Waals surface area contributed by atoms with Crippen molar-refractivity contribution in [1.82, 2.24) is 4.98 Å². The third-order valence-corrected chi connectivity index (χ3v) is 2.73. The highest BCUT2D eigenvalue weighted by molar-refractivity contribution is 6.04. The summed E-state index contributed by atoms with van der Waals surface area (Å²) < 4.78 is 0. The molecule has 1 aromatic heterocycles. The number of aromatic nitrogens is 1. The molecule has 0 aliphatic carbocycles. The Bertz CT molecular complexity index is 685. The molecule has 0 saturated heterocycles. The van der Waals surface area contributed by atoms with Gasteiger partial charge in [0.15, 0.2) is 0 Å². The Morgan fingerprint density at radius 2 is 2.24 bits per heavy atom. The molecular formula is C17H16N2O2. The number of hydrogen-bond acceptors (Lipinski definition) is 3. The standard InChI is InChI=1S/C17H16N2O2/c1-13-9-14(5-2-3-8-20)11-16(10-13)19-17(21)15-6-4-7-18-12-15/h4,6-7,9-12,20H,3,8H2,1H3,(H,19,21). The Morgan fingerprint density at radius 1 is 1.38 bits per heavy atom. The number of benzene rings is 1. The highest BCUT2D eigenvalue weighted by Gasteiger charge is 2.06. The second-order valence-corrected chi connectivity index (χ2v) is 4.56. The summed E-state index contributed by atoms with van der Waals surface area (Å²) in [6.45, 7) is 1.99. The number of pyridine rings is 1. The summed E-state index contributed by atoms with van der Waals surface area (Å²) in [7, 11) is 0. The lowest BCUT2D eigenvalue weighted by molar-refractivity contribution is 0.102. The van der Waals surface area contributed by atoms with Gasteiger partial charge in [0.05, 0.1) is 12.2 Å². The van der Waals surface area contributed by atoms with Crippen molar-refractivity contribution in [2.75, 3.05) is 11.9 Å². The highest BCUT2D eigenvalue weighted by Crippen LogP contribution is 2.15. The molecule has 0 bridgehead atoms. The van der Waals surface area contributed by atoms with Gasteiger partial charge in [-0.05, 0) is 42.8 Å². The van der Waals surface area contributed by atoms with E-state index in [1.165, 1.54) is 6.20 Å². The number of hydrogen-bond donors (Lipinski definition) is 2. The van der Waals surface area contributed by atoms with Crippen molar-refractivity contribution in [1.29, 1.82) is 0 Å². The lowest BCUT2D eigenvalue weighted by Gasteiger charge is -2.07. The third-order valence-electron chi connectivity index (χ3n) is 2.73. The predicted molar refractivity (Wildman–Crippen MR) is 82.0 cm³/mol. The van der Waals surface area contributed by atoms with Gasteiger partial charge in [-0.15, -0.1) is 0 Å². The summed E-state index contributed by atoms with van der Waals surface area (Å²) >= 11 is 0. The zero-order valence-corrected chi connectivity index (χ0v) is 11.8. The number of carbonyl (C=O) groups excluding carboxylic acids is 1. The summed E-state index contributed by atoms with van der Waals surface area (Å²) in [6.07, 6.45) is 3.58. The minimum Gasteiger partial charge on any atom is -0.395 e. The Morgan fingerprint density at radius 3 is 2.95 bits per heavy atom. The molecule has 0 unspecified atom stereocenters. The van der Waals surface area contributed by atoms with Crippen LogP contribution in [0.5, 0.6) is 0 Å². The Balaban J connectivity index is 2.17. The van der Waals surface area contributed by atoms with Gasteiger partial charge in [0.1, 0.15) is 0 Å². The molecule has 4 nitrogen and oxygen atoms in total. The van der Waals surface area contributed by atoms with Crippen LogP contribution < -0.4 is 5.32 Å². The predicted octanol–water partition coefficient (Wildman–Crippen LogP) is 2.38. The van der Waals surface area contributed by atoms with Crippen molar-refractivity contribution < 1.29 is 9.90 Å². The number of aryl methyl sites for hydroxylation is 1. The van der Waals surface area contributed by atoms with Crippen LogP contribution in [-0.2, 0) is 0 Å². The van der Waals surface area contributed by atoms with Crippen LogP contribution >= 0.6 is 0 Å². The summed E-state index contributed by atoms with van der Waals surface area (Å²) in [6, 6.07) is 9.05. The first-order valence-corrected chi connectivity index (χ1v) is 6.62. The van der Waals surface area contributed by atoms with Crippen LogP contribution in [0.1, 0.15) is 27.9 Å². The molecule has 2 rings (SSSR count). The van der Waals surface area contributed by atoms with E-state index in [0.717, 1.165) is 11.1 Å². The van der Waals surface area contributed by atoms with Gasteiger partial charge < -0.3 is 10.4 Å². The van der Waals surface area contributed by atoms with E-state index < -0.39 is 0 Å². The molecule has 4 heteroatoms. The quantitative estimate of drug-likeness (QED) is 0.849. The maximum atomic E-state index is 12.1. The fraction of sp³-hybridized carbons (Fsp3) is 0.176. The number of rotatable bonds is 3. The normalized spacial score (nSPS) is 9.62. The van der Waals surface area contributed by atoms with E-state index in [4.69, 9.17) is 5.11 Å². The largest absolute Gasteiger partial charge is 0.395 e. The van der Waals surface area contributed by atoms with Crippen molar-refractivity contribution in [2.45, 2.75) is 13.3 Å². The van der Waals surface area contributed by atoms with Gasteiger partial charge in [-0.2, -0.15) is 0 Å². The monoisotopic (exact) mass is 280 g/mol. The zero-order valence-electron chi connectivity index (χ0n) is 11.8. The molecule has 1 heterocycles. The molecule has 1 amide bonds. The van der Waals surface area contributed by atoms with Crippen LogP contribution in [0, 0.1) is 18.8 Å². The summed E-state index contributed by atoms with van der Waals surface area (Å²) in [4.78, 5) is 16.0. The number of aliphatic hydroxyl groups excluding tert-OH is 1. The molecule has 0 aliphatic rings. The average Bonchev–Trinajstić information content (AvgIpc) is 2.48. The van der Waals surface area contributed by atoms with Gasteiger partial charge in [0, 0.05) is 30.1 Å². The van der Waals surface area contributed by atoms with Gasteiger partial charge in [-0.3, -0.25) is 9.78 Å². The number of carbonyl (C=O) groups is 1. The first kappa shape index (κ1) is 14.8. The summed E-state index contributed by atoms with van der Waals surface area (Å²) in [5, 5.41) is 11.6. The van der Waals surface area contributed by atoms with Crippen LogP contribution in [0.4, 0.5) is 5.69 Å². The van der Waals surface area contributed by atoms with Gasteiger partial charge in [-0.1, -0.05) is 11.8 Å². The molecular weight excluding hydrogens is 264 g/mol. The minimum absolute atomic E-state index is 0.0451. The van der Waals surface area contributed by atoms with E-state index in [1.54, 1.807) is 18.3 Å². The number of anilines is 1. The topological polar surface area (TPSA) is 62.2 Å². The SMILES string of the molecule is Cc1cc(C#CCCO)cc(NC(=O)c2cccnc2)c1. The van der Waals surface area contributed by atoms with E-state index in [1.807, 2.05) is 25.1 Å². The zero-order chi connectivity index (χ0) is 15.1. The molecule has 0 spiro atoms. The first-order valence-electron chi connectivity index (χ1n) is 6.62. The summed E-state index contributed by atoms with van der Waals surface area (Å²) in [5.41, 5.74) is 3.02. The summed E-state index contributed by atoms with van der Waals surface area (Å²) in [5.74, 6) is 5.63. The number of aliphatic hydroxyl groups is 1. The van der Waals surface area contributed by atoms with E-state index in [9.17, 15) is 4.79 Å².